The second-order valence-electron chi connectivity index (χ2n) is 5.13. The standard InChI is InChI=1S/C14H19FN2O.ClH/c1-14(6-8-16-9-7-14)17-13(18)10-11-4-2-3-5-12(11)15;/h2-5,16H,6-10H2,1H3,(H,17,18);1H. The first-order valence-corrected chi connectivity index (χ1v) is 6.34. The zero-order chi connectivity index (χ0) is 13.0. The van der Waals surface area contributed by atoms with E-state index in [2.05, 4.69) is 10.6 Å². The average Bonchev–Trinajstić information content (AvgIpc) is 2.32. The van der Waals surface area contributed by atoms with Crippen LogP contribution in [0.15, 0.2) is 24.3 Å². The van der Waals surface area contributed by atoms with Crippen molar-refractivity contribution < 1.29 is 9.18 Å². The van der Waals surface area contributed by atoms with E-state index in [9.17, 15) is 9.18 Å². The summed E-state index contributed by atoms with van der Waals surface area (Å²) in [5, 5.41) is 6.29. The fourth-order valence-electron chi connectivity index (χ4n) is 2.30. The van der Waals surface area contributed by atoms with Gasteiger partial charge >= 0.3 is 0 Å². The Kier molecular flexibility index (Phi) is 5.76. The summed E-state index contributed by atoms with van der Waals surface area (Å²) < 4.78 is 13.4. The molecule has 0 radical (unpaired) electrons. The lowest BCUT2D eigenvalue weighted by atomic mass is 9.90. The first-order chi connectivity index (χ1) is 8.59. The molecule has 2 N–H and O–H groups in total. The lowest BCUT2D eigenvalue weighted by molar-refractivity contribution is -0.122. The molecule has 19 heavy (non-hydrogen) atoms. The van der Waals surface area contributed by atoms with Crippen LogP contribution in [0, 0.1) is 5.82 Å². The molecule has 0 spiro atoms. The van der Waals surface area contributed by atoms with Crippen LogP contribution in [0.2, 0.25) is 0 Å². The highest BCUT2D eigenvalue weighted by atomic mass is 35.5. The van der Waals surface area contributed by atoms with E-state index in [0.717, 1.165) is 25.9 Å². The van der Waals surface area contributed by atoms with Crippen LogP contribution in [0.3, 0.4) is 0 Å². The summed E-state index contributed by atoms with van der Waals surface area (Å²) in [6.07, 6.45) is 1.93. The van der Waals surface area contributed by atoms with Gasteiger partial charge in [0, 0.05) is 5.54 Å². The Morgan fingerprint density at radius 1 is 1.37 bits per heavy atom. The number of piperidine rings is 1. The number of rotatable bonds is 3. The monoisotopic (exact) mass is 286 g/mol. The largest absolute Gasteiger partial charge is 0.351 e. The Morgan fingerprint density at radius 3 is 2.63 bits per heavy atom. The highest BCUT2D eigenvalue weighted by Gasteiger charge is 2.28. The second kappa shape index (κ2) is 6.87. The van der Waals surface area contributed by atoms with Crippen molar-refractivity contribution in [2.24, 2.45) is 0 Å². The molecular formula is C14H20ClFN2O. The van der Waals surface area contributed by atoms with Crippen LogP contribution in [0.4, 0.5) is 4.39 Å². The van der Waals surface area contributed by atoms with Crippen molar-refractivity contribution in [1.82, 2.24) is 10.6 Å². The van der Waals surface area contributed by atoms with E-state index in [1.165, 1.54) is 6.07 Å². The Labute approximate surface area is 119 Å². The van der Waals surface area contributed by atoms with Gasteiger partial charge in [-0.15, -0.1) is 12.4 Å². The van der Waals surface area contributed by atoms with Crippen molar-refractivity contribution >= 4 is 18.3 Å². The molecular weight excluding hydrogens is 267 g/mol. The Morgan fingerprint density at radius 2 is 2.00 bits per heavy atom. The van der Waals surface area contributed by atoms with Crippen LogP contribution in [0.1, 0.15) is 25.3 Å². The third-order valence-corrected chi connectivity index (χ3v) is 3.46. The smallest absolute Gasteiger partial charge is 0.224 e. The summed E-state index contributed by atoms with van der Waals surface area (Å²) in [6.45, 7) is 3.88. The molecule has 0 aliphatic carbocycles. The van der Waals surface area contributed by atoms with Gasteiger partial charge in [0.25, 0.3) is 0 Å². The van der Waals surface area contributed by atoms with Crippen molar-refractivity contribution in [2.75, 3.05) is 13.1 Å². The number of hydrogen-bond acceptors (Lipinski definition) is 2. The number of amides is 1. The molecule has 2 rings (SSSR count). The van der Waals surface area contributed by atoms with E-state index in [1.807, 2.05) is 6.92 Å². The van der Waals surface area contributed by atoms with Gasteiger partial charge < -0.3 is 10.6 Å². The van der Waals surface area contributed by atoms with Gasteiger partial charge in [-0.1, -0.05) is 18.2 Å². The lowest BCUT2D eigenvalue weighted by Crippen LogP contribution is -2.52. The quantitative estimate of drug-likeness (QED) is 0.893. The van der Waals surface area contributed by atoms with Crippen molar-refractivity contribution in [3.63, 3.8) is 0 Å². The molecule has 1 amide bonds. The number of halogens is 2. The van der Waals surface area contributed by atoms with Crippen molar-refractivity contribution in [1.29, 1.82) is 0 Å². The topological polar surface area (TPSA) is 41.1 Å². The fraction of sp³-hybridized carbons (Fsp3) is 0.500. The van der Waals surface area contributed by atoms with Gasteiger partial charge in [-0.05, 0) is 44.5 Å². The summed E-state index contributed by atoms with van der Waals surface area (Å²) in [5.41, 5.74) is 0.292. The predicted octanol–water partition coefficient (Wildman–Crippen LogP) is 2.05. The molecule has 0 saturated carbocycles. The van der Waals surface area contributed by atoms with E-state index in [1.54, 1.807) is 18.2 Å². The number of carbonyl (C=O) groups is 1. The van der Waals surface area contributed by atoms with Gasteiger partial charge in [-0.25, -0.2) is 4.39 Å². The number of hydrogen-bond donors (Lipinski definition) is 2. The molecule has 3 nitrogen and oxygen atoms in total. The summed E-state index contributed by atoms with van der Waals surface area (Å²) in [4.78, 5) is 11.9. The molecule has 1 fully saturated rings. The number of carbonyl (C=O) groups excluding carboxylic acids is 1. The van der Waals surface area contributed by atoms with Gasteiger partial charge in [-0.3, -0.25) is 4.79 Å². The molecule has 0 atom stereocenters. The third kappa shape index (κ3) is 4.48. The van der Waals surface area contributed by atoms with Crippen LogP contribution in [-0.2, 0) is 11.2 Å². The predicted molar refractivity (Wildman–Crippen MR) is 76.0 cm³/mol. The van der Waals surface area contributed by atoms with Crippen molar-refractivity contribution in [3.05, 3.63) is 35.6 Å². The Bertz CT molecular complexity index is 433. The number of benzene rings is 1. The van der Waals surface area contributed by atoms with E-state index in [-0.39, 0.29) is 36.1 Å². The minimum Gasteiger partial charge on any atom is -0.351 e. The fourth-order valence-corrected chi connectivity index (χ4v) is 2.30. The molecule has 0 unspecified atom stereocenters. The molecule has 1 aliphatic rings. The first-order valence-electron chi connectivity index (χ1n) is 6.34. The molecule has 0 bridgehead atoms. The molecule has 106 valence electrons. The molecule has 5 heteroatoms. The molecule has 1 saturated heterocycles. The Hall–Kier alpha value is -1.13. The third-order valence-electron chi connectivity index (χ3n) is 3.46. The maximum atomic E-state index is 13.4. The van der Waals surface area contributed by atoms with Gasteiger partial charge in [0.2, 0.25) is 5.91 Å². The maximum absolute atomic E-state index is 13.4. The second-order valence-corrected chi connectivity index (χ2v) is 5.13. The molecule has 1 aromatic rings. The summed E-state index contributed by atoms with van der Waals surface area (Å²) >= 11 is 0. The van der Waals surface area contributed by atoms with Crippen LogP contribution in [0.5, 0.6) is 0 Å². The summed E-state index contributed by atoms with van der Waals surface area (Å²) in [6, 6.07) is 6.41. The first kappa shape index (κ1) is 15.9. The Balaban J connectivity index is 0.00000180. The minimum atomic E-state index is -0.317. The normalized spacial score (nSPS) is 17.4. The summed E-state index contributed by atoms with van der Waals surface area (Å²) in [5.74, 6) is -0.424. The highest BCUT2D eigenvalue weighted by Crippen LogP contribution is 2.17. The maximum Gasteiger partial charge on any atom is 0.224 e. The van der Waals surface area contributed by atoms with Crippen LogP contribution < -0.4 is 10.6 Å². The van der Waals surface area contributed by atoms with E-state index in [4.69, 9.17) is 0 Å². The molecule has 1 aliphatic heterocycles. The average molecular weight is 287 g/mol. The van der Waals surface area contributed by atoms with E-state index < -0.39 is 0 Å². The molecule has 0 aromatic heterocycles. The summed E-state index contributed by atoms with van der Waals surface area (Å²) in [7, 11) is 0. The van der Waals surface area contributed by atoms with Gasteiger partial charge in [0.05, 0.1) is 6.42 Å². The van der Waals surface area contributed by atoms with E-state index in [0.29, 0.717) is 5.56 Å². The van der Waals surface area contributed by atoms with Crippen LogP contribution in [-0.4, -0.2) is 24.5 Å². The number of nitrogens with one attached hydrogen (secondary N) is 2. The highest BCUT2D eigenvalue weighted by molar-refractivity contribution is 5.85. The van der Waals surface area contributed by atoms with Crippen LogP contribution in [0.25, 0.3) is 0 Å². The van der Waals surface area contributed by atoms with Gasteiger partial charge in [0.1, 0.15) is 5.82 Å². The lowest BCUT2D eigenvalue weighted by Gasteiger charge is -2.35. The van der Waals surface area contributed by atoms with Crippen molar-refractivity contribution in [3.8, 4) is 0 Å². The van der Waals surface area contributed by atoms with Gasteiger partial charge in [-0.2, -0.15) is 0 Å². The van der Waals surface area contributed by atoms with Crippen molar-refractivity contribution in [2.45, 2.75) is 31.7 Å². The minimum absolute atomic E-state index is 0. The molecule has 1 heterocycles. The van der Waals surface area contributed by atoms with Crippen LogP contribution >= 0.6 is 12.4 Å². The zero-order valence-electron chi connectivity index (χ0n) is 11.0. The van der Waals surface area contributed by atoms with E-state index >= 15 is 0 Å². The SMILES string of the molecule is CC1(NC(=O)Cc2ccccc2F)CCNCC1.Cl. The zero-order valence-corrected chi connectivity index (χ0v) is 11.9. The van der Waals surface area contributed by atoms with Gasteiger partial charge in [0.15, 0.2) is 0 Å². The molecule has 1 aromatic carbocycles.